The predicted molar refractivity (Wildman–Crippen MR) is 74.3 cm³/mol. The van der Waals surface area contributed by atoms with Gasteiger partial charge in [-0.3, -0.25) is 25.0 Å². The van der Waals surface area contributed by atoms with Crippen LogP contribution in [0.2, 0.25) is 0 Å². The molecule has 0 spiro atoms. The third kappa shape index (κ3) is 2.27. The summed E-state index contributed by atoms with van der Waals surface area (Å²) < 4.78 is 38.5. The van der Waals surface area contributed by atoms with Crippen LogP contribution in [0.3, 0.4) is 0 Å². The van der Waals surface area contributed by atoms with Gasteiger partial charge < -0.3 is 4.90 Å². The fourth-order valence-corrected chi connectivity index (χ4v) is 3.43. The molecule has 0 N–H and O–H groups in total. The van der Waals surface area contributed by atoms with Crippen molar-refractivity contribution in [3.8, 4) is 0 Å². The SMILES string of the molecule is O=C(c1c([N+](=O)[O-])cc2c(c1[N+](=O)[O-])N1CCCC2C1)C(F)(F)F. The van der Waals surface area contributed by atoms with Gasteiger partial charge in [-0.1, -0.05) is 0 Å². The van der Waals surface area contributed by atoms with Gasteiger partial charge in [0.25, 0.3) is 11.5 Å². The molecule has 0 radical (unpaired) electrons. The summed E-state index contributed by atoms with van der Waals surface area (Å²) in [6.45, 7) is 0.735. The molecule has 1 unspecified atom stereocenters. The first-order chi connectivity index (χ1) is 11.1. The number of alkyl halides is 3. The van der Waals surface area contributed by atoms with Crippen molar-refractivity contribution in [1.82, 2.24) is 0 Å². The summed E-state index contributed by atoms with van der Waals surface area (Å²) in [5.74, 6) is -2.80. The van der Waals surface area contributed by atoms with E-state index in [0.717, 1.165) is 6.07 Å². The molecule has 0 aromatic heterocycles. The minimum absolute atomic E-state index is 0.0966. The number of nitrogens with zero attached hydrogens (tertiary/aromatic N) is 3. The Morgan fingerprint density at radius 3 is 2.46 bits per heavy atom. The summed E-state index contributed by atoms with van der Waals surface area (Å²) in [7, 11) is 0. The number of hydrogen-bond acceptors (Lipinski definition) is 6. The highest BCUT2D eigenvalue weighted by Crippen LogP contribution is 2.51. The lowest BCUT2D eigenvalue weighted by atomic mass is 9.92. The molecular weight excluding hydrogens is 335 g/mol. The van der Waals surface area contributed by atoms with E-state index in [2.05, 4.69) is 0 Å². The molecule has 3 rings (SSSR count). The number of piperidine rings is 1. The lowest BCUT2D eigenvalue weighted by molar-refractivity contribution is -0.394. The first-order valence-electron chi connectivity index (χ1n) is 6.99. The fraction of sp³-hybridized carbons (Fsp3) is 0.462. The van der Waals surface area contributed by atoms with E-state index in [-0.39, 0.29) is 17.2 Å². The number of ketones is 1. The van der Waals surface area contributed by atoms with Crippen LogP contribution in [0, 0.1) is 20.2 Å². The van der Waals surface area contributed by atoms with Gasteiger partial charge in [-0.15, -0.1) is 0 Å². The average molecular weight is 345 g/mol. The molecule has 128 valence electrons. The number of benzene rings is 1. The summed E-state index contributed by atoms with van der Waals surface area (Å²) in [6.07, 6.45) is -4.16. The third-order valence-corrected chi connectivity index (χ3v) is 4.32. The summed E-state index contributed by atoms with van der Waals surface area (Å²) in [5.41, 5.74) is -3.61. The van der Waals surface area contributed by atoms with Crippen LogP contribution in [0.4, 0.5) is 30.2 Å². The van der Waals surface area contributed by atoms with Crippen LogP contribution < -0.4 is 4.90 Å². The molecule has 8 nitrogen and oxygen atoms in total. The Morgan fingerprint density at radius 2 is 1.92 bits per heavy atom. The second-order valence-corrected chi connectivity index (χ2v) is 5.68. The lowest BCUT2D eigenvalue weighted by Crippen LogP contribution is -2.29. The van der Waals surface area contributed by atoms with E-state index in [1.807, 2.05) is 0 Å². The van der Waals surface area contributed by atoms with Crippen LogP contribution in [0.1, 0.15) is 34.7 Å². The first kappa shape index (κ1) is 16.1. The Hall–Kier alpha value is -2.72. The van der Waals surface area contributed by atoms with Crippen molar-refractivity contribution in [2.45, 2.75) is 24.9 Å². The zero-order valence-electron chi connectivity index (χ0n) is 12.0. The Balaban J connectivity index is 2.38. The Kier molecular flexibility index (Phi) is 3.46. The number of nitro groups is 2. The van der Waals surface area contributed by atoms with E-state index in [9.17, 15) is 38.2 Å². The minimum atomic E-state index is -5.45. The third-order valence-electron chi connectivity index (χ3n) is 4.32. The number of fused-ring (bicyclic) bond motifs is 5. The van der Waals surface area contributed by atoms with Crippen LogP contribution >= 0.6 is 0 Å². The van der Waals surface area contributed by atoms with Crippen LogP contribution in [0.15, 0.2) is 6.07 Å². The molecule has 1 aromatic carbocycles. The van der Waals surface area contributed by atoms with Crippen molar-refractivity contribution in [3.05, 3.63) is 37.4 Å². The smallest absolute Gasteiger partial charge is 0.365 e. The van der Waals surface area contributed by atoms with Crippen molar-refractivity contribution < 1.29 is 27.8 Å². The predicted octanol–water partition coefficient (Wildman–Crippen LogP) is 2.95. The van der Waals surface area contributed by atoms with Gasteiger partial charge in [-0.25, -0.2) is 0 Å². The van der Waals surface area contributed by atoms with Gasteiger partial charge in [0.15, 0.2) is 5.56 Å². The number of anilines is 1. The quantitative estimate of drug-likeness (QED) is 0.474. The van der Waals surface area contributed by atoms with Crippen molar-refractivity contribution in [2.24, 2.45) is 0 Å². The number of carbonyl (C=O) groups excluding carboxylic acids is 1. The zero-order valence-corrected chi connectivity index (χ0v) is 12.0. The number of halogens is 3. The Bertz CT molecular complexity index is 777. The van der Waals surface area contributed by atoms with E-state index >= 15 is 0 Å². The van der Waals surface area contributed by atoms with Crippen molar-refractivity contribution in [1.29, 1.82) is 0 Å². The molecular formula is C13H10F3N3O5. The summed E-state index contributed by atoms with van der Waals surface area (Å²) in [6, 6.07) is 0.886. The van der Waals surface area contributed by atoms with Gasteiger partial charge in [-0.2, -0.15) is 13.2 Å². The van der Waals surface area contributed by atoms with E-state index in [1.165, 1.54) is 4.90 Å². The highest BCUT2D eigenvalue weighted by Gasteiger charge is 2.51. The minimum Gasteiger partial charge on any atom is -0.365 e. The molecule has 11 heteroatoms. The topological polar surface area (TPSA) is 107 Å². The monoisotopic (exact) mass is 345 g/mol. The molecule has 2 bridgehead atoms. The molecule has 2 aliphatic rings. The highest BCUT2D eigenvalue weighted by atomic mass is 19.4. The average Bonchev–Trinajstić information content (AvgIpc) is 2.74. The van der Waals surface area contributed by atoms with Gasteiger partial charge in [0, 0.05) is 25.1 Å². The van der Waals surface area contributed by atoms with E-state index in [4.69, 9.17) is 0 Å². The number of Topliss-reactive ketones (excluding diaryl/α,β-unsaturated/α-hetero) is 1. The van der Waals surface area contributed by atoms with Gasteiger partial charge >= 0.3 is 11.9 Å². The van der Waals surface area contributed by atoms with Crippen molar-refractivity contribution >= 4 is 22.8 Å². The molecule has 1 saturated heterocycles. The molecule has 2 aliphatic heterocycles. The Morgan fingerprint density at radius 1 is 1.25 bits per heavy atom. The maximum absolute atomic E-state index is 12.8. The summed E-state index contributed by atoms with van der Waals surface area (Å²) in [5, 5.41) is 22.6. The second kappa shape index (κ2) is 5.14. The number of carbonyl (C=O) groups is 1. The van der Waals surface area contributed by atoms with Crippen molar-refractivity contribution in [2.75, 3.05) is 18.0 Å². The molecule has 0 aliphatic carbocycles. The van der Waals surface area contributed by atoms with Crippen LogP contribution in [-0.2, 0) is 0 Å². The van der Waals surface area contributed by atoms with Gasteiger partial charge in [-0.05, 0) is 18.4 Å². The standard InChI is InChI=1S/C13H10F3N3O5/c14-13(15,16)12(20)9-8(18(21)22)4-7-6-2-1-3-17(5-6)10(7)11(9)19(23)24/h4,6H,1-3,5H2. The first-order valence-corrected chi connectivity index (χ1v) is 6.99. The molecule has 0 amide bonds. The van der Waals surface area contributed by atoms with Crippen molar-refractivity contribution in [3.63, 3.8) is 0 Å². The van der Waals surface area contributed by atoms with Crippen LogP contribution in [-0.4, -0.2) is 34.9 Å². The summed E-state index contributed by atoms with van der Waals surface area (Å²) >= 11 is 0. The molecule has 24 heavy (non-hydrogen) atoms. The van der Waals surface area contributed by atoms with Crippen LogP contribution in [0.25, 0.3) is 0 Å². The van der Waals surface area contributed by atoms with E-state index in [1.54, 1.807) is 0 Å². The number of rotatable bonds is 3. The lowest BCUT2D eigenvalue weighted by Gasteiger charge is -2.24. The molecule has 1 aromatic rings. The zero-order chi connectivity index (χ0) is 17.8. The van der Waals surface area contributed by atoms with Gasteiger partial charge in [0.2, 0.25) is 0 Å². The van der Waals surface area contributed by atoms with Crippen LogP contribution in [0.5, 0.6) is 0 Å². The van der Waals surface area contributed by atoms with Gasteiger partial charge in [0.05, 0.1) is 9.85 Å². The maximum atomic E-state index is 12.8. The Labute approximate surface area is 132 Å². The number of nitro benzene ring substituents is 2. The number of hydrogen-bond donors (Lipinski definition) is 0. The maximum Gasteiger partial charge on any atom is 0.455 e. The second-order valence-electron chi connectivity index (χ2n) is 5.68. The van der Waals surface area contributed by atoms with E-state index in [0.29, 0.717) is 25.9 Å². The van der Waals surface area contributed by atoms with Gasteiger partial charge in [0.1, 0.15) is 5.69 Å². The highest BCUT2D eigenvalue weighted by molar-refractivity contribution is 6.09. The fourth-order valence-electron chi connectivity index (χ4n) is 3.43. The normalized spacial score (nSPS) is 19.1. The molecule has 2 heterocycles. The molecule has 0 saturated carbocycles. The largest absolute Gasteiger partial charge is 0.455 e. The molecule has 1 fully saturated rings. The van der Waals surface area contributed by atoms with E-state index < -0.39 is 38.7 Å². The summed E-state index contributed by atoms with van der Waals surface area (Å²) in [4.78, 5) is 33.5. The molecule has 1 atom stereocenters.